The highest BCUT2D eigenvalue weighted by molar-refractivity contribution is 6.32. The van der Waals surface area contributed by atoms with E-state index in [0.29, 0.717) is 18.3 Å². The van der Waals surface area contributed by atoms with Gasteiger partial charge in [0.15, 0.2) is 0 Å². The van der Waals surface area contributed by atoms with Crippen molar-refractivity contribution in [3.63, 3.8) is 0 Å². The van der Waals surface area contributed by atoms with Gasteiger partial charge in [0.1, 0.15) is 5.02 Å². The number of nitrogens with zero attached hydrogens (tertiary/aromatic N) is 2. The summed E-state index contributed by atoms with van der Waals surface area (Å²) < 4.78 is 1.43. The second-order valence-electron chi connectivity index (χ2n) is 6.33. The Kier molecular flexibility index (Phi) is 4.74. The van der Waals surface area contributed by atoms with E-state index in [-0.39, 0.29) is 16.0 Å². The fourth-order valence-electron chi connectivity index (χ4n) is 2.89. The van der Waals surface area contributed by atoms with E-state index in [9.17, 15) is 4.79 Å². The predicted octanol–water partition coefficient (Wildman–Crippen LogP) is 3.69. The monoisotopic (exact) mass is 297 g/mol. The van der Waals surface area contributed by atoms with Crippen LogP contribution < -0.4 is 10.9 Å². The van der Waals surface area contributed by atoms with Gasteiger partial charge in [0.05, 0.1) is 11.9 Å². The van der Waals surface area contributed by atoms with Crippen LogP contribution in [0.3, 0.4) is 0 Å². The lowest BCUT2D eigenvalue weighted by molar-refractivity contribution is 0.217. The Labute approximate surface area is 125 Å². The summed E-state index contributed by atoms with van der Waals surface area (Å²) in [6.07, 6.45) is 7.36. The molecule has 1 aromatic rings. The maximum atomic E-state index is 12.1. The molecule has 1 aliphatic rings. The minimum atomic E-state index is -0.202. The third-order valence-corrected chi connectivity index (χ3v) is 4.62. The number of rotatable bonds is 4. The van der Waals surface area contributed by atoms with Gasteiger partial charge in [-0.15, -0.1) is 0 Å². The van der Waals surface area contributed by atoms with Crippen LogP contribution in [0.4, 0.5) is 5.69 Å². The summed E-state index contributed by atoms with van der Waals surface area (Å²) >= 11 is 6.21. The van der Waals surface area contributed by atoms with Gasteiger partial charge in [-0.25, -0.2) is 4.68 Å². The average molecular weight is 298 g/mol. The fraction of sp³-hybridized carbons (Fsp3) is 0.733. The van der Waals surface area contributed by atoms with Gasteiger partial charge in [-0.3, -0.25) is 4.79 Å². The molecule has 1 N–H and O–H groups in total. The minimum Gasteiger partial charge on any atom is -0.379 e. The summed E-state index contributed by atoms with van der Waals surface area (Å²) in [5, 5.41) is 7.90. The Bertz CT molecular complexity index is 524. The molecule has 1 aliphatic carbocycles. The van der Waals surface area contributed by atoms with Crippen molar-refractivity contribution >= 4 is 17.3 Å². The zero-order valence-corrected chi connectivity index (χ0v) is 13.3. The molecule has 0 aliphatic heterocycles. The van der Waals surface area contributed by atoms with Gasteiger partial charge in [0.25, 0.3) is 5.56 Å². The van der Waals surface area contributed by atoms with E-state index >= 15 is 0 Å². The van der Waals surface area contributed by atoms with Crippen LogP contribution in [0, 0.1) is 5.41 Å². The zero-order chi connectivity index (χ0) is 14.8. The van der Waals surface area contributed by atoms with Crippen molar-refractivity contribution in [2.45, 2.75) is 65.5 Å². The molecule has 0 saturated heterocycles. The molecule has 112 valence electrons. The number of halogens is 1. The number of hydrogen-bond acceptors (Lipinski definition) is 3. The van der Waals surface area contributed by atoms with Crippen molar-refractivity contribution in [2.24, 2.45) is 5.41 Å². The Hall–Kier alpha value is -1.03. The third kappa shape index (κ3) is 3.17. The lowest BCUT2D eigenvalue weighted by Crippen LogP contribution is -2.39. The van der Waals surface area contributed by atoms with Crippen molar-refractivity contribution in [1.82, 2.24) is 9.78 Å². The summed E-state index contributed by atoms with van der Waals surface area (Å²) in [7, 11) is 0. The molecule has 0 amide bonds. The fourth-order valence-corrected chi connectivity index (χ4v) is 3.09. The number of aryl methyl sites for hydroxylation is 1. The van der Waals surface area contributed by atoms with E-state index in [1.54, 1.807) is 6.20 Å². The maximum absolute atomic E-state index is 12.1. The van der Waals surface area contributed by atoms with Gasteiger partial charge in [0.2, 0.25) is 0 Å². The third-order valence-electron chi connectivity index (χ3n) is 4.26. The molecule has 1 atom stereocenters. The number of aromatic nitrogens is 2. The molecule has 1 fully saturated rings. The highest BCUT2D eigenvalue weighted by atomic mass is 35.5. The van der Waals surface area contributed by atoms with Gasteiger partial charge < -0.3 is 5.32 Å². The van der Waals surface area contributed by atoms with Gasteiger partial charge in [-0.2, -0.15) is 5.10 Å². The van der Waals surface area contributed by atoms with E-state index in [2.05, 4.69) is 24.3 Å². The van der Waals surface area contributed by atoms with E-state index in [4.69, 9.17) is 11.6 Å². The highest BCUT2D eigenvalue weighted by Crippen LogP contribution is 2.37. The van der Waals surface area contributed by atoms with Crippen LogP contribution in [-0.4, -0.2) is 15.8 Å². The molecule has 2 rings (SSSR count). The summed E-state index contributed by atoms with van der Waals surface area (Å²) in [6.45, 7) is 7.15. The molecule has 0 aromatic carbocycles. The molecule has 0 bridgehead atoms. The smallest absolute Gasteiger partial charge is 0.287 e. The Balaban J connectivity index is 2.21. The normalized spacial score (nSPS) is 21.7. The largest absolute Gasteiger partial charge is 0.379 e. The number of anilines is 1. The second-order valence-corrected chi connectivity index (χ2v) is 6.71. The van der Waals surface area contributed by atoms with Gasteiger partial charge in [-0.05, 0) is 24.7 Å². The second kappa shape index (κ2) is 6.17. The molecule has 0 radical (unpaired) electrons. The minimum absolute atomic E-state index is 0.202. The van der Waals surface area contributed by atoms with Crippen molar-refractivity contribution in [3.05, 3.63) is 21.6 Å². The SMILES string of the molecule is CCCn1ncc(NC2CCCCC2(C)C)c(Cl)c1=O. The summed E-state index contributed by atoms with van der Waals surface area (Å²) in [4.78, 5) is 12.1. The van der Waals surface area contributed by atoms with Crippen molar-refractivity contribution < 1.29 is 0 Å². The zero-order valence-electron chi connectivity index (χ0n) is 12.6. The summed E-state index contributed by atoms with van der Waals surface area (Å²) in [6, 6.07) is 0.344. The molecule has 20 heavy (non-hydrogen) atoms. The van der Waals surface area contributed by atoms with Gasteiger partial charge in [0, 0.05) is 12.6 Å². The number of nitrogens with one attached hydrogen (secondary N) is 1. The Morgan fingerprint density at radius 3 is 2.90 bits per heavy atom. The standard InChI is InChI=1S/C15H24ClN3O/c1-4-9-19-14(20)13(16)11(10-17-19)18-12-7-5-6-8-15(12,2)3/h10,12,18H,4-9H2,1-3H3. The maximum Gasteiger partial charge on any atom is 0.287 e. The Morgan fingerprint density at radius 1 is 1.50 bits per heavy atom. The van der Waals surface area contributed by atoms with E-state index in [0.717, 1.165) is 12.8 Å². The van der Waals surface area contributed by atoms with Crippen LogP contribution in [0.5, 0.6) is 0 Å². The van der Waals surface area contributed by atoms with Crippen LogP contribution in [-0.2, 0) is 6.54 Å². The van der Waals surface area contributed by atoms with Crippen LogP contribution in [0.2, 0.25) is 5.02 Å². The molecule has 5 heteroatoms. The first-order chi connectivity index (χ1) is 9.45. The van der Waals surface area contributed by atoms with E-state index < -0.39 is 0 Å². The van der Waals surface area contributed by atoms with Crippen LogP contribution >= 0.6 is 11.6 Å². The van der Waals surface area contributed by atoms with Crippen LogP contribution in [0.15, 0.2) is 11.0 Å². The first-order valence-corrected chi connectivity index (χ1v) is 7.85. The molecular formula is C15H24ClN3O. The van der Waals surface area contributed by atoms with Crippen molar-refractivity contribution in [2.75, 3.05) is 5.32 Å². The van der Waals surface area contributed by atoms with Crippen molar-refractivity contribution in [1.29, 1.82) is 0 Å². The van der Waals surface area contributed by atoms with E-state index in [1.807, 2.05) is 6.92 Å². The first kappa shape index (κ1) is 15.4. The van der Waals surface area contributed by atoms with Crippen LogP contribution in [0.25, 0.3) is 0 Å². The molecule has 1 saturated carbocycles. The first-order valence-electron chi connectivity index (χ1n) is 7.48. The summed E-state index contributed by atoms with van der Waals surface area (Å²) in [5.74, 6) is 0. The molecule has 0 spiro atoms. The summed E-state index contributed by atoms with van der Waals surface area (Å²) in [5.41, 5.74) is 0.691. The topological polar surface area (TPSA) is 46.9 Å². The molecular weight excluding hydrogens is 274 g/mol. The molecule has 4 nitrogen and oxygen atoms in total. The number of hydrogen-bond donors (Lipinski definition) is 1. The lowest BCUT2D eigenvalue weighted by Gasteiger charge is -2.39. The quantitative estimate of drug-likeness (QED) is 0.922. The molecule has 1 heterocycles. The molecule has 1 aromatic heterocycles. The lowest BCUT2D eigenvalue weighted by atomic mass is 9.73. The highest BCUT2D eigenvalue weighted by Gasteiger charge is 2.32. The van der Waals surface area contributed by atoms with Crippen LogP contribution in [0.1, 0.15) is 52.9 Å². The molecule has 1 unspecified atom stereocenters. The van der Waals surface area contributed by atoms with E-state index in [1.165, 1.54) is 23.9 Å². The van der Waals surface area contributed by atoms with Crippen molar-refractivity contribution in [3.8, 4) is 0 Å². The average Bonchev–Trinajstić information content (AvgIpc) is 2.40. The van der Waals surface area contributed by atoms with Gasteiger partial charge in [-0.1, -0.05) is 45.2 Å². The van der Waals surface area contributed by atoms with Gasteiger partial charge >= 0.3 is 0 Å². The predicted molar refractivity (Wildman–Crippen MR) is 83.5 cm³/mol. The Morgan fingerprint density at radius 2 is 2.25 bits per heavy atom.